The number of thiazole rings is 1. The van der Waals surface area contributed by atoms with Crippen LogP contribution in [0.5, 0.6) is 0 Å². The standard InChI is InChI=1S/C14H12N6OS2/c1-20-12(8-5-22-6-9(8)19-20)18-13(21)10-7-23-14(17-10)11-15-3-2-4-16-11/h2-4,7H,5-6H2,1H3,(H,18,21). The summed E-state index contributed by atoms with van der Waals surface area (Å²) in [4.78, 5) is 25.1. The van der Waals surface area contributed by atoms with Gasteiger partial charge in [-0.3, -0.25) is 9.48 Å². The van der Waals surface area contributed by atoms with E-state index in [0.717, 1.165) is 28.6 Å². The molecule has 7 nitrogen and oxygen atoms in total. The van der Waals surface area contributed by atoms with Gasteiger partial charge in [0.25, 0.3) is 5.91 Å². The topological polar surface area (TPSA) is 85.6 Å². The molecular weight excluding hydrogens is 332 g/mol. The molecule has 4 rings (SSSR count). The Morgan fingerprint density at radius 1 is 1.30 bits per heavy atom. The second-order valence-electron chi connectivity index (χ2n) is 4.95. The first-order valence-corrected chi connectivity index (χ1v) is 8.92. The van der Waals surface area contributed by atoms with Crippen LogP contribution in [0.15, 0.2) is 23.8 Å². The molecule has 23 heavy (non-hydrogen) atoms. The van der Waals surface area contributed by atoms with Crippen LogP contribution in [-0.2, 0) is 18.6 Å². The predicted octanol–water partition coefficient (Wildman–Crippen LogP) is 2.33. The van der Waals surface area contributed by atoms with E-state index in [1.54, 1.807) is 40.3 Å². The van der Waals surface area contributed by atoms with E-state index in [1.807, 2.05) is 7.05 Å². The second kappa shape index (κ2) is 5.74. The zero-order chi connectivity index (χ0) is 15.8. The molecule has 9 heteroatoms. The Labute approximate surface area is 140 Å². The van der Waals surface area contributed by atoms with Crippen LogP contribution >= 0.6 is 23.1 Å². The fraction of sp³-hybridized carbons (Fsp3) is 0.214. The highest BCUT2D eigenvalue weighted by Gasteiger charge is 2.23. The van der Waals surface area contributed by atoms with Gasteiger partial charge in [0.2, 0.25) is 0 Å². The number of rotatable bonds is 3. The van der Waals surface area contributed by atoms with E-state index in [4.69, 9.17) is 0 Å². The molecule has 0 bridgehead atoms. The molecule has 1 aliphatic heterocycles. The van der Waals surface area contributed by atoms with Gasteiger partial charge in [0, 0.05) is 41.9 Å². The number of aryl methyl sites for hydroxylation is 1. The number of carbonyl (C=O) groups excluding carboxylic acids is 1. The summed E-state index contributed by atoms with van der Waals surface area (Å²) in [5.74, 6) is 2.80. The van der Waals surface area contributed by atoms with Crippen molar-refractivity contribution >= 4 is 34.8 Å². The molecule has 0 unspecified atom stereocenters. The Kier molecular flexibility index (Phi) is 3.58. The summed E-state index contributed by atoms with van der Waals surface area (Å²) in [6, 6.07) is 1.74. The maximum absolute atomic E-state index is 12.5. The van der Waals surface area contributed by atoms with Gasteiger partial charge in [-0.15, -0.1) is 11.3 Å². The van der Waals surface area contributed by atoms with Gasteiger partial charge in [0.05, 0.1) is 5.69 Å². The summed E-state index contributed by atoms with van der Waals surface area (Å²) >= 11 is 3.15. The van der Waals surface area contributed by atoms with Crippen molar-refractivity contribution in [2.45, 2.75) is 11.5 Å². The van der Waals surface area contributed by atoms with E-state index < -0.39 is 0 Å². The third-order valence-electron chi connectivity index (χ3n) is 3.44. The van der Waals surface area contributed by atoms with Crippen molar-refractivity contribution in [3.05, 3.63) is 40.8 Å². The summed E-state index contributed by atoms with van der Waals surface area (Å²) in [6.07, 6.45) is 3.31. The first kappa shape index (κ1) is 14.3. The van der Waals surface area contributed by atoms with Crippen molar-refractivity contribution in [2.24, 2.45) is 7.05 Å². The molecule has 3 aromatic heterocycles. The number of anilines is 1. The normalized spacial score (nSPS) is 13.1. The van der Waals surface area contributed by atoms with Crippen LogP contribution in [0.1, 0.15) is 21.7 Å². The molecule has 0 saturated carbocycles. The minimum Gasteiger partial charge on any atom is -0.305 e. The highest BCUT2D eigenvalue weighted by Crippen LogP contribution is 2.34. The quantitative estimate of drug-likeness (QED) is 0.785. The molecule has 0 fully saturated rings. The summed E-state index contributed by atoms with van der Waals surface area (Å²) < 4.78 is 1.72. The number of amides is 1. The van der Waals surface area contributed by atoms with Crippen molar-refractivity contribution in [2.75, 3.05) is 5.32 Å². The molecule has 0 aliphatic carbocycles. The Morgan fingerprint density at radius 3 is 2.96 bits per heavy atom. The van der Waals surface area contributed by atoms with Gasteiger partial charge in [0.1, 0.15) is 11.5 Å². The van der Waals surface area contributed by atoms with E-state index in [9.17, 15) is 4.79 Å². The number of nitrogens with one attached hydrogen (secondary N) is 1. The number of nitrogens with zero attached hydrogens (tertiary/aromatic N) is 5. The van der Waals surface area contributed by atoms with Gasteiger partial charge in [-0.05, 0) is 6.07 Å². The van der Waals surface area contributed by atoms with Crippen molar-refractivity contribution in [1.29, 1.82) is 0 Å². The zero-order valence-electron chi connectivity index (χ0n) is 12.2. The van der Waals surface area contributed by atoms with E-state index in [-0.39, 0.29) is 5.91 Å². The Bertz CT molecular complexity index is 873. The largest absolute Gasteiger partial charge is 0.305 e. The van der Waals surface area contributed by atoms with E-state index in [0.29, 0.717) is 16.5 Å². The van der Waals surface area contributed by atoms with Crippen LogP contribution in [-0.4, -0.2) is 30.6 Å². The number of hydrogen-bond donors (Lipinski definition) is 1. The number of carbonyl (C=O) groups is 1. The van der Waals surface area contributed by atoms with Gasteiger partial charge in [-0.1, -0.05) is 0 Å². The Hall–Kier alpha value is -2.26. The smallest absolute Gasteiger partial charge is 0.276 e. The lowest BCUT2D eigenvalue weighted by molar-refractivity contribution is 0.102. The molecule has 1 N–H and O–H groups in total. The van der Waals surface area contributed by atoms with Crippen molar-refractivity contribution < 1.29 is 4.79 Å². The van der Waals surface area contributed by atoms with Crippen molar-refractivity contribution in [3.8, 4) is 10.8 Å². The molecule has 0 aromatic carbocycles. The van der Waals surface area contributed by atoms with Crippen LogP contribution in [0.2, 0.25) is 0 Å². The summed E-state index contributed by atoms with van der Waals surface area (Å²) in [6.45, 7) is 0. The lowest BCUT2D eigenvalue weighted by Gasteiger charge is -2.05. The number of hydrogen-bond acceptors (Lipinski definition) is 7. The average Bonchev–Trinajstić information content (AvgIpc) is 3.27. The summed E-state index contributed by atoms with van der Waals surface area (Å²) in [7, 11) is 1.84. The molecule has 0 spiro atoms. The van der Waals surface area contributed by atoms with Crippen molar-refractivity contribution in [1.82, 2.24) is 24.7 Å². The summed E-state index contributed by atoms with van der Waals surface area (Å²) in [5.41, 5.74) is 2.51. The van der Waals surface area contributed by atoms with Crippen LogP contribution in [0.25, 0.3) is 10.8 Å². The van der Waals surface area contributed by atoms with Crippen molar-refractivity contribution in [3.63, 3.8) is 0 Å². The number of aromatic nitrogens is 5. The van der Waals surface area contributed by atoms with E-state index in [1.165, 1.54) is 11.3 Å². The molecule has 1 amide bonds. The van der Waals surface area contributed by atoms with Gasteiger partial charge >= 0.3 is 0 Å². The Morgan fingerprint density at radius 2 is 2.13 bits per heavy atom. The molecule has 0 saturated heterocycles. The van der Waals surface area contributed by atoms with E-state index in [2.05, 4.69) is 25.4 Å². The predicted molar refractivity (Wildman–Crippen MR) is 89.3 cm³/mol. The molecule has 116 valence electrons. The minimum absolute atomic E-state index is 0.244. The van der Waals surface area contributed by atoms with Crippen LogP contribution in [0, 0.1) is 0 Å². The van der Waals surface area contributed by atoms with E-state index >= 15 is 0 Å². The molecule has 3 aromatic rings. The molecule has 0 atom stereocenters. The van der Waals surface area contributed by atoms with Crippen LogP contribution in [0.3, 0.4) is 0 Å². The molecular formula is C14H12N6OS2. The fourth-order valence-corrected chi connectivity index (χ4v) is 4.14. The third kappa shape index (κ3) is 2.62. The van der Waals surface area contributed by atoms with Crippen LogP contribution < -0.4 is 5.32 Å². The maximum atomic E-state index is 12.5. The minimum atomic E-state index is -0.244. The lowest BCUT2D eigenvalue weighted by atomic mass is 10.3. The van der Waals surface area contributed by atoms with Gasteiger partial charge in [0.15, 0.2) is 10.8 Å². The molecule has 1 aliphatic rings. The maximum Gasteiger partial charge on any atom is 0.276 e. The fourth-order valence-electron chi connectivity index (χ4n) is 2.36. The molecule has 0 radical (unpaired) electrons. The number of fused-ring (bicyclic) bond motifs is 1. The third-order valence-corrected chi connectivity index (χ3v) is 5.25. The van der Waals surface area contributed by atoms with Crippen LogP contribution in [0.4, 0.5) is 5.82 Å². The average molecular weight is 344 g/mol. The molecule has 4 heterocycles. The monoisotopic (exact) mass is 344 g/mol. The summed E-state index contributed by atoms with van der Waals surface area (Å²) in [5, 5.41) is 9.70. The first-order chi connectivity index (χ1) is 11.2. The zero-order valence-corrected chi connectivity index (χ0v) is 13.8. The van der Waals surface area contributed by atoms with Gasteiger partial charge < -0.3 is 5.32 Å². The van der Waals surface area contributed by atoms with Gasteiger partial charge in [-0.25, -0.2) is 15.0 Å². The van der Waals surface area contributed by atoms with Gasteiger partial charge in [-0.2, -0.15) is 16.9 Å². The first-order valence-electron chi connectivity index (χ1n) is 6.89. The highest BCUT2D eigenvalue weighted by atomic mass is 32.2. The Balaban J connectivity index is 1.58. The SMILES string of the molecule is Cn1nc2c(c1NC(=O)c1csc(-c3ncccn3)n1)CSC2. The second-order valence-corrected chi connectivity index (χ2v) is 6.80. The highest BCUT2D eigenvalue weighted by molar-refractivity contribution is 7.98. The number of thioether (sulfide) groups is 1. The lowest BCUT2D eigenvalue weighted by Crippen LogP contribution is -2.16.